The summed E-state index contributed by atoms with van der Waals surface area (Å²) in [5.41, 5.74) is 28.0. The van der Waals surface area contributed by atoms with E-state index < -0.39 is 0 Å². The number of halogens is 1. The van der Waals surface area contributed by atoms with E-state index in [1.165, 1.54) is 50.3 Å². The van der Waals surface area contributed by atoms with Gasteiger partial charge in [0.1, 0.15) is 0 Å². The molecule has 0 aliphatic carbocycles. The Morgan fingerprint density at radius 2 is 0.433 bits per heavy atom. The van der Waals surface area contributed by atoms with E-state index in [9.17, 15) is 0 Å². The number of nitrogens with zero attached hydrogens (tertiary/aromatic N) is 6. The predicted octanol–water partition coefficient (Wildman–Crippen LogP) is 25.3. The molecule has 0 N–H and O–H groups in total. The molecule has 0 bridgehead atoms. The van der Waals surface area contributed by atoms with Crippen LogP contribution in [0.25, 0.3) is 22.3 Å². The van der Waals surface area contributed by atoms with Crippen molar-refractivity contribution < 1.29 is 0 Å². The molecule has 494 valence electrons. The molecule has 0 fully saturated rings. The van der Waals surface area contributed by atoms with Gasteiger partial charge in [-0.1, -0.05) is 254 Å². The highest BCUT2D eigenvalue weighted by molar-refractivity contribution is 7.00. The van der Waals surface area contributed by atoms with Gasteiger partial charge in [-0.2, -0.15) is 0 Å². The van der Waals surface area contributed by atoms with Gasteiger partial charge < -0.3 is 29.4 Å². The summed E-state index contributed by atoms with van der Waals surface area (Å²) in [6, 6.07) is 150. The zero-order valence-corrected chi connectivity index (χ0v) is 57.8. The van der Waals surface area contributed by atoms with Crippen LogP contribution in [-0.2, 0) is 0 Å². The fourth-order valence-corrected chi connectivity index (χ4v) is 15.1. The Morgan fingerprint density at radius 3 is 0.721 bits per heavy atom. The standard InChI is InChI=1S/C48H34BN3.C48H36ClN3/c1-5-17-37(18-6-1)50(38-19-7-2-8-20-38)41-31-29-35(30-32-41)36-33-46-48-47(34-36)52(40-23-11-4-12-24-40)45-28-16-14-26-43(45)49(48)42-25-13-15-27-44(42)51(46)39-21-9-3-10-22-39;49-48-46(51(41-23-11-3-12-24-41)42-25-13-4-14-26-42)35-38(36-47(48)52(43-27-15-5-16-28-43)44-29-17-6-18-30-44)37-31-33-45(34-32-37)50(39-19-7-1-8-20-39)40-21-9-2-10-22-40/h1-34H;1-36H. The lowest BCUT2D eigenvalue weighted by Gasteiger charge is -2.44. The third kappa shape index (κ3) is 12.6. The van der Waals surface area contributed by atoms with Crippen LogP contribution in [0.5, 0.6) is 0 Å². The molecular formula is C96H70BClN6. The van der Waals surface area contributed by atoms with Crippen molar-refractivity contribution in [3.63, 3.8) is 0 Å². The van der Waals surface area contributed by atoms with Gasteiger partial charge in [0.2, 0.25) is 0 Å². The first-order valence-corrected chi connectivity index (χ1v) is 35.7. The van der Waals surface area contributed by atoms with Crippen molar-refractivity contribution in [2.45, 2.75) is 0 Å². The number of benzene rings is 16. The first-order chi connectivity index (χ1) is 51.6. The van der Waals surface area contributed by atoms with Crippen molar-refractivity contribution in [1.29, 1.82) is 0 Å². The second kappa shape index (κ2) is 29.1. The molecule has 0 radical (unpaired) electrons. The monoisotopic (exact) mass is 1350 g/mol. The fourth-order valence-electron chi connectivity index (χ4n) is 14.8. The van der Waals surface area contributed by atoms with E-state index in [2.05, 4.69) is 418 Å². The Bertz CT molecular complexity index is 5060. The van der Waals surface area contributed by atoms with Crippen LogP contribution in [0.4, 0.5) is 102 Å². The minimum Gasteiger partial charge on any atom is -0.311 e. The number of rotatable bonds is 16. The highest BCUT2D eigenvalue weighted by atomic mass is 35.5. The molecule has 0 unspecified atom stereocenters. The van der Waals surface area contributed by atoms with Crippen LogP contribution in [0.15, 0.2) is 425 Å². The lowest BCUT2D eigenvalue weighted by atomic mass is 9.33. The second-order valence-electron chi connectivity index (χ2n) is 25.8. The largest absolute Gasteiger partial charge is 0.311 e. The van der Waals surface area contributed by atoms with E-state index in [1.807, 2.05) is 36.4 Å². The molecule has 2 aliphatic rings. The molecule has 8 heteroatoms. The minimum atomic E-state index is 0.0963. The highest BCUT2D eigenvalue weighted by Gasteiger charge is 2.43. The first-order valence-electron chi connectivity index (χ1n) is 35.3. The average Bonchev–Trinajstić information content (AvgIpc) is 0.685. The molecular weight excluding hydrogens is 1280 g/mol. The van der Waals surface area contributed by atoms with Crippen LogP contribution in [-0.4, -0.2) is 6.71 Å². The number of fused-ring (bicyclic) bond motifs is 4. The minimum absolute atomic E-state index is 0.0963. The molecule has 0 saturated heterocycles. The van der Waals surface area contributed by atoms with Gasteiger partial charge in [-0.05, 0) is 221 Å². The maximum absolute atomic E-state index is 7.67. The van der Waals surface area contributed by atoms with E-state index in [0.29, 0.717) is 5.02 Å². The van der Waals surface area contributed by atoms with Gasteiger partial charge in [0.25, 0.3) is 6.71 Å². The average molecular weight is 1350 g/mol. The summed E-state index contributed by atoms with van der Waals surface area (Å²) in [7, 11) is 0. The van der Waals surface area contributed by atoms with Crippen molar-refractivity contribution >= 4 is 137 Å². The smallest absolute Gasteiger partial charge is 0.252 e. The molecule has 0 amide bonds. The summed E-state index contributed by atoms with van der Waals surface area (Å²) in [6.45, 7) is 0.0963. The number of hydrogen-bond donors (Lipinski definition) is 0. The van der Waals surface area contributed by atoms with Gasteiger partial charge in [0, 0.05) is 91.0 Å². The van der Waals surface area contributed by atoms with Gasteiger partial charge >= 0.3 is 0 Å². The van der Waals surface area contributed by atoms with Gasteiger partial charge in [0.15, 0.2) is 0 Å². The van der Waals surface area contributed by atoms with Crippen LogP contribution in [0, 0.1) is 0 Å². The predicted molar refractivity (Wildman–Crippen MR) is 442 cm³/mol. The van der Waals surface area contributed by atoms with Gasteiger partial charge in [-0.15, -0.1) is 0 Å². The molecule has 2 heterocycles. The zero-order chi connectivity index (χ0) is 69.6. The Hall–Kier alpha value is -13.3. The number of hydrogen-bond acceptors (Lipinski definition) is 6. The Labute approximate surface area is 614 Å². The number of anilines is 18. The van der Waals surface area contributed by atoms with Gasteiger partial charge in [-0.3, -0.25) is 0 Å². The van der Waals surface area contributed by atoms with Gasteiger partial charge in [0.05, 0.1) is 16.4 Å². The van der Waals surface area contributed by atoms with Crippen LogP contribution in [0.1, 0.15) is 0 Å². The summed E-state index contributed by atoms with van der Waals surface area (Å²) in [4.78, 5) is 14.0. The summed E-state index contributed by atoms with van der Waals surface area (Å²) >= 11 is 7.67. The molecule has 0 saturated carbocycles. The van der Waals surface area contributed by atoms with Crippen molar-refractivity contribution in [2.75, 3.05) is 29.4 Å². The summed E-state index contributed by atoms with van der Waals surface area (Å²) < 4.78 is 0. The molecule has 18 rings (SSSR count). The molecule has 0 spiro atoms. The van der Waals surface area contributed by atoms with E-state index in [-0.39, 0.29) is 6.71 Å². The zero-order valence-electron chi connectivity index (χ0n) is 57.1. The van der Waals surface area contributed by atoms with Crippen LogP contribution >= 0.6 is 11.6 Å². The molecule has 0 atom stereocenters. The Morgan fingerprint density at radius 1 is 0.202 bits per heavy atom. The highest BCUT2D eigenvalue weighted by Crippen LogP contribution is 2.51. The Kier molecular flexibility index (Phi) is 17.9. The topological polar surface area (TPSA) is 19.4 Å². The van der Waals surface area contributed by atoms with E-state index >= 15 is 0 Å². The molecule has 16 aromatic carbocycles. The van der Waals surface area contributed by atoms with Crippen molar-refractivity contribution in [3.8, 4) is 22.3 Å². The van der Waals surface area contributed by atoms with Gasteiger partial charge in [-0.25, -0.2) is 0 Å². The molecule has 104 heavy (non-hydrogen) atoms. The van der Waals surface area contributed by atoms with Crippen LogP contribution < -0.4 is 45.8 Å². The number of para-hydroxylation sites is 12. The third-order valence-corrected chi connectivity index (χ3v) is 19.8. The van der Waals surface area contributed by atoms with E-state index in [0.717, 1.165) is 90.8 Å². The third-order valence-electron chi connectivity index (χ3n) is 19.5. The summed E-state index contributed by atoms with van der Waals surface area (Å²) in [6.07, 6.45) is 0. The SMILES string of the molecule is Clc1c(N(c2ccccc2)c2ccccc2)cc(-c2ccc(N(c3ccccc3)c3ccccc3)cc2)cc1N(c1ccccc1)c1ccccc1.c1ccc(N(c2ccccc2)c2ccc(-c3cc4c5c(c3)N(c3ccccc3)c3ccccc3B5c3ccccc3N4c3ccccc3)cc2)cc1. The first kappa shape index (κ1) is 64.1. The summed E-state index contributed by atoms with van der Waals surface area (Å²) in [5.74, 6) is 0. The van der Waals surface area contributed by atoms with Crippen molar-refractivity contribution in [1.82, 2.24) is 0 Å². The Balaban J connectivity index is 0.000000154. The van der Waals surface area contributed by atoms with Crippen LogP contribution in [0.2, 0.25) is 5.02 Å². The lowest BCUT2D eigenvalue weighted by molar-refractivity contribution is 1.25. The molecule has 2 aliphatic heterocycles. The molecule has 6 nitrogen and oxygen atoms in total. The summed E-state index contributed by atoms with van der Waals surface area (Å²) in [5, 5.41) is 0.639. The fraction of sp³-hybridized carbons (Fsp3) is 0. The van der Waals surface area contributed by atoms with E-state index in [1.54, 1.807) is 0 Å². The second-order valence-corrected chi connectivity index (χ2v) is 26.1. The quantitative estimate of drug-likeness (QED) is 0.0892. The van der Waals surface area contributed by atoms with E-state index in [4.69, 9.17) is 11.6 Å². The van der Waals surface area contributed by atoms with Crippen LogP contribution in [0.3, 0.4) is 0 Å². The lowest BCUT2D eigenvalue weighted by Crippen LogP contribution is -2.61. The maximum Gasteiger partial charge on any atom is 0.252 e. The van der Waals surface area contributed by atoms with Crippen molar-refractivity contribution in [2.24, 2.45) is 0 Å². The normalized spacial score (nSPS) is 11.6. The maximum atomic E-state index is 7.67. The molecule has 0 aromatic heterocycles. The van der Waals surface area contributed by atoms with Crippen molar-refractivity contribution in [3.05, 3.63) is 430 Å². The molecule has 16 aromatic rings.